The zero-order valence-corrected chi connectivity index (χ0v) is 11.2. The van der Waals surface area contributed by atoms with Crippen molar-refractivity contribution in [1.29, 1.82) is 0 Å². The Morgan fingerprint density at radius 3 is 3.11 bits per heavy atom. The number of hydrogen-bond acceptors (Lipinski definition) is 3. The van der Waals surface area contributed by atoms with E-state index in [2.05, 4.69) is 17.4 Å². The first-order valence-corrected chi connectivity index (χ1v) is 6.93. The Kier molecular flexibility index (Phi) is 3.45. The summed E-state index contributed by atoms with van der Waals surface area (Å²) in [5.41, 5.74) is 2.35. The van der Waals surface area contributed by atoms with Crippen LogP contribution in [0.2, 0.25) is 0 Å². The molecule has 2 aromatic rings. The third-order valence-corrected chi connectivity index (χ3v) is 3.57. The predicted octanol–water partition coefficient (Wildman–Crippen LogP) is 4.17. The second-order valence-electron chi connectivity index (χ2n) is 4.82. The number of anilines is 1. The standard InChI is InChI=1S/C16H19NO2/c1-2-18-16-8-4-3-6-14(16)17-13-7-5-9-15-12(13)10-11-19-15/h3-4,6,8,10-11,13,17H,2,5,7,9H2,1H3. The normalized spacial score (nSPS) is 17.8. The SMILES string of the molecule is CCOc1ccccc1NC1CCCc2occc21. The summed E-state index contributed by atoms with van der Waals surface area (Å²) in [6.45, 7) is 2.69. The van der Waals surface area contributed by atoms with E-state index in [4.69, 9.17) is 9.15 Å². The fraction of sp³-hybridized carbons (Fsp3) is 0.375. The fourth-order valence-corrected chi connectivity index (χ4v) is 2.69. The van der Waals surface area contributed by atoms with Crippen molar-refractivity contribution >= 4 is 5.69 Å². The average Bonchev–Trinajstić information content (AvgIpc) is 2.91. The highest BCUT2D eigenvalue weighted by atomic mass is 16.5. The van der Waals surface area contributed by atoms with Gasteiger partial charge in [0.1, 0.15) is 11.5 Å². The topological polar surface area (TPSA) is 34.4 Å². The second-order valence-corrected chi connectivity index (χ2v) is 4.82. The van der Waals surface area contributed by atoms with Gasteiger partial charge in [0.15, 0.2) is 0 Å². The molecule has 0 amide bonds. The van der Waals surface area contributed by atoms with Crippen molar-refractivity contribution in [1.82, 2.24) is 0 Å². The lowest BCUT2D eigenvalue weighted by molar-refractivity contribution is 0.341. The van der Waals surface area contributed by atoms with Crippen LogP contribution in [-0.4, -0.2) is 6.61 Å². The van der Waals surface area contributed by atoms with E-state index in [1.807, 2.05) is 25.1 Å². The maximum atomic E-state index is 5.66. The Morgan fingerprint density at radius 1 is 1.32 bits per heavy atom. The van der Waals surface area contributed by atoms with Crippen molar-refractivity contribution in [3.8, 4) is 5.75 Å². The summed E-state index contributed by atoms with van der Waals surface area (Å²) in [4.78, 5) is 0. The number of benzene rings is 1. The van der Waals surface area contributed by atoms with Gasteiger partial charge in [0.25, 0.3) is 0 Å². The van der Waals surface area contributed by atoms with Crippen LogP contribution < -0.4 is 10.1 Å². The monoisotopic (exact) mass is 257 g/mol. The van der Waals surface area contributed by atoms with Gasteiger partial charge in [0, 0.05) is 12.0 Å². The van der Waals surface area contributed by atoms with Crippen LogP contribution in [-0.2, 0) is 6.42 Å². The summed E-state index contributed by atoms with van der Waals surface area (Å²) in [6.07, 6.45) is 5.13. The Balaban J connectivity index is 1.83. The van der Waals surface area contributed by atoms with Gasteiger partial charge in [-0.2, -0.15) is 0 Å². The molecule has 0 spiro atoms. The van der Waals surface area contributed by atoms with E-state index in [-0.39, 0.29) is 0 Å². The number of aryl methyl sites for hydroxylation is 1. The molecule has 1 aliphatic rings. The Labute approximate surface area is 113 Å². The van der Waals surface area contributed by atoms with E-state index in [0.717, 1.165) is 36.5 Å². The Morgan fingerprint density at radius 2 is 2.21 bits per heavy atom. The van der Waals surface area contributed by atoms with E-state index >= 15 is 0 Å². The van der Waals surface area contributed by atoms with Crippen LogP contribution >= 0.6 is 0 Å². The molecule has 0 fully saturated rings. The van der Waals surface area contributed by atoms with Crippen molar-refractivity contribution < 1.29 is 9.15 Å². The van der Waals surface area contributed by atoms with Gasteiger partial charge in [-0.05, 0) is 38.0 Å². The average molecular weight is 257 g/mol. The minimum absolute atomic E-state index is 0.323. The van der Waals surface area contributed by atoms with Gasteiger partial charge in [-0.1, -0.05) is 12.1 Å². The largest absolute Gasteiger partial charge is 0.492 e. The van der Waals surface area contributed by atoms with Crippen molar-refractivity contribution in [3.63, 3.8) is 0 Å². The summed E-state index contributed by atoms with van der Waals surface area (Å²) < 4.78 is 11.2. The quantitative estimate of drug-likeness (QED) is 0.892. The van der Waals surface area contributed by atoms with Crippen LogP contribution in [0, 0.1) is 0 Å². The molecule has 3 nitrogen and oxygen atoms in total. The lowest BCUT2D eigenvalue weighted by Gasteiger charge is -2.24. The highest BCUT2D eigenvalue weighted by Crippen LogP contribution is 2.35. The van der Waals surface area contributed by atoms with E-state index in [0.29, 0.717) is 12.6 Å². The number of nitrogens with one attached hydrogen (secondary N) is 1. The fourth-order valence-electron chi connectivity index (χ4n) is 2.69. The van der Waals surface area contributed by atoms with Crippen LogP contribution in [0.3, 0.4) is 0 Å². The maximum Gasteiger partial charge on any atom is 0.142 e. The molecule has 1 unspecified atom stereocenters. The first-order valence-electron chi connectivity index (χ1n) is 6.93. The number of rotatable bonds is 4. The minimum Gasteiger partial charge on any atom is -0.492 e. The highest BCUT2D eigenvalue weighted by molar-refractivity contribution is 5.57. The Bertz CT molecular complexity index is 547. The van der Waals surface area contributed by atoms with Gasteiger partial charge >= 0.3 is 0 Å². The van der Waals surface area contributed by atoms with Gasteiger partial charge in [-0.3, -0.25) is 0 Å². The molecule has 1 N–H and O–H groups in total. The smallest absolute Gasteiger partial charge is 0.142 e. The van der Waals surface area contributed by atoms with Gasteiger partial charge in [-0.15, -0.1) is 0 Å². The van der Waals surface area contributed by atoms with Crippen LogP contribution in [0.25, 0.3) is 0 Å². The van der Waals surface area contributed by atoms with Crippen molar-refractivity contribution in [2.45, 2.75) is 32.2 Å². The molecule has 1 heterocycles. The van der Waals surface area contributed by atoms with Crippen LogP contribution in [0.15, 0.2) is 41.0 Å². The highest BCUT2D eigenvalue weighted by Gasteiger charge is 2.23. The summed E-state index contributed by atoms with van der Waals surface area (Å²) in [5.74, 6) is 2.04. The molecular formula is C16H19NO2. The molecule has 1 aromatic heterocycles. The molecule has 19 heavy (non-hydrogen) atoms. The molecule has 0 bridgehead atoms. The third kappa shape index (κ3) is 2.46. The number of fused-ring (bicyclic) bond motifs is 1. The molecular weight excluding hydrogens is 238 g/mol. The lowest BCUT2D eigenvalue weighted by Crippen LogP contribution is -2.16. The van der Waals surface area contributed by atoms with Crippen molar-refractivity contribution in [3.05, 3.63) is 47.9 Å². The van der Waals surface area contributed by atoms with E-state index in [1.54, 1.807) is 6.26 Å². The number of furan rings is 1. The van der Waals surface area contributed by atoms with Crippen molar-refractivity contribution in [2.24, 2.45) is 0 Å². The van der Waals surface area contributed by atoms with E-state index < -0.39 is 0 Å². The first kappa shape index (κ1) is 12.2. The molecule has 1 aromatic carbocycles. The molecule has 100 valence electrons. The van der Waals surface area contributed by atoms with E-state index in [9.17, 15) is 0 Å². The summed E-state index contributed by atoms with van der Waals surface area (Å²) in [6, 6.07) is 10.5. The zero-order chi connectivity index (χ0) is 13.1. The number of hydrogen-bond donors (Lipinski definition) is 1. The molecule has 0 radical (unpaired) electrons. The first-order chi connectivity index (χ1) is 9.38. The second kappa shape index (κ2) is 5.39. The van der Waals surface area contributed by atoms with Gasteiger partial charge in [0.05, 0.1) is 24.6 Å². The zero-order valence-electron chi connectivity index (χ0n) is 11.2. The summed E-state index contributed by atoms with van der Waals surface area (Å²) in [7, 11) is 0. The molecule has 0 saturated heterocycles. The number of para-hydroxylation sites is 2. The van der Waals surface area contributed by atoms with Crippen LogP contribution in [0.4, 0.5) is 5.69 Å². The Hall–Kier alpha value is -1.90. The van der Waals surface area contributed by atoms with Gasteiger partial charge in [0.2, 0.25) is 0 Å². The maximum absolute atomic E-state index is 5.66. The number of ether oxygens (including phenoxy) is 1. The minimum atomic E-state index is 0.323. The molecule has 1 atom stereocenters. The van der Waals surface area contributed by atoms with Gasteiger partial charge in [-0.25, -0.2) is 0 Å². The molecule has 1 aliphatic carbocycles. The third-order valence-electron chi connectivity index (χ3n) is 3.57. The molecule has 3 heteroatoms. The lowest BCUT2D eigenvalue weighted by atomic mass is 9.93. The summed E-state index contributed by atoms with van der Waals surface area (Å²) in [5, 5.41) is 3.59. The van der Waals surface area contributed by atoms with Crippen LogP contribution in [0.5, 0.6) is 5.75 Å². The predicted molar refractivity (Wildman–Crippen MR) is 75.6 cm³/mol. The van der Waals surface area contributed by atoms with Gasteiger partial charge < -0.3 is 14.5 Å². The van der Waals surface area contributed by atoms with E-state index in [1.165, 1.54) is 5.56 Å². The molecule has 0 aliphatic heterocycles. The summed E-state index contributed by atoms with van der Waals surface area (Å²) >= 11 is 0. The molecule has 3 rings (SSSR count). The van der Waals surface area contributed by atoms with Crippen LogP contribution in [0.1, 0.15) is 37.1 Å². The van der Waals surface area contributed by atoms with Crippen molar-refractivity contribution in [2.75, 3.05) is 11.9 Å². The molecule has 0 saturated carbocycles.